The number of benzene rings is 4. The minimum atomic E-state index is -1.50. The van der Waals surface area contributed by atoms with Gasteiger partial charge in [0.25, 0.3) is 33.0 Å². The lowest BCUT2D eigenvalue weighted by atomic mass is 9.99. The number of piperazine rings is 1. The number of fused-ring (bicyclic) bond motifs is 5. The standard InChI is InChI=1S/C22H22N4O.C17H11FN2O4.C17H12FNO2.C11H9NO2.C8H7FO2.HNO3/c1-25-9-11-26(12-10-25)16-7-8-18-15(13-16)14-20(23-18)21-17-5-3-2-4-6-19(17)24-22(21)27;18-11-6-7-14(20(23)24)10(8-11)9-15(21)16-12-4-2-1-3-5-13(12)19-17(16)22;18-12-6-4-5-11(9-12)10-15(20)16-13-7-2-1-3-8-14(13)19-17(16)21;1-7(13)10-8-5-3-2-4-6-9(8)12-11(10)14;9-7-3-1-2-6(4-7)5-8(10)11;2-1(3)4/h2-8,13-14,23H,9-12H2,1H3,(H,24,27);1-8H,9H2,(H,19,22);1-9H,10H2,(H,19,21);2-6H,1H3,(H,12,14);1-4H,5H2,(H,10,11);(H,2,3,4). The zero-order chi connectivity index (χ0) is 72.4. The number of nitrogens with zero attached hydrogens (tertiary/aromatic N) is 4. The van der Waals surface area contributed by atoms with Crippen molar-refractivity contribution in [1.29, 1.82) is 0 Å². The first-order valence-corrected chi connectivity index (χ1v) is 31.0. The van der Waals surface area contributed by atoms with Crippen LogP contribution in [0.15, 0.2) is 232 Å². The van der Waals surface area contributed by atoms with E-state index in [4.69, 9.17) is 20.4 Å². The summed E-state index contributed by atoms with van der Waals surface area (Å²) in [7, 11) is 2.17. The topological polar surface area (TPSA) is 349 Å². The van der Waals surface area contributed by atoms with Crippen LogP contribution in [0, 0.1) is 37.7 Å². The first-order chi connectivity index (χ1) is 48.4. The predicted octanol–water partition coefficient (Wildman–Crippen LogP) is 12.2. The molecule has 101 heavy (non-hydrogen) atoms. The van der Waals surface area contributed by atoms with E-state index in [-0.39, 0.29) is 63.5 Å². The molecule has 0 amide bonds. The molecule has 5 aromatic rings. The lowest BCUT2D eigenvalue weighted by Gasteiger charge is -2.34. The number of carbonyl (C=O) groups excluding carboxylic acids is 3. The van der Waals surface area contributed by atoms with Gasteiger partial charge in [-0.05, 0) is 110 Å². The predicted molar refractivity (Wildman–Crippen MR) is 374 cm³/mol. The molecule has 5 aliphatic heterocycles. The molecule has 0 unspecified atom stereocenters. The molecule has 23 nitrogen and oxygen atoms in total. The minimum absolute atomic E-state index is 0.00143. The van der Waals surface area contributed by atoms with Crippen molar-refractivity contribution in [1.82, 2.24) is 29.8 Å². The highest BCUT2D eigenvalue weighted by atomic mass is 19.1. The molecule has 0 spiro atoms. The Morgan fingerprint density at radius 2 is 0.901 bits per heavy atom. The molecule has 7 N–H and O–H groups in total. The number of rotatable bonds is 12. The molecule has 1 fully saturated rings. The monoisotopic (exact) mass is 1370 g/mol. The maximum absolute atomic E-state index is 13.4. The normalized spacial score (nSPS) is 11.7. The number of hydrogen-bond acceptors (Lipinski definition) is 14. The maximum atomic E-state index is 13.4. The second kappa shape index (κ2) is 33.1. The number of ketones is 3. The van der Waals surface area contributed by atoms with Gasteiger partial charge in [0.1, 0.15) is 17.5 Å². The van der Waals surface area contributed by atoms with Gasteiger partial charge in [0.05, 0.1) is 39.3 Å². The van der Waals surface area contributed by atoms with Crippen molar-refractivity contribution in [3.05, 3.63) is 325 Å². The Kier molecular flexibility index (Phi) is 23.6. The van der Waals surface area contributed by atoms with E-state index in [1.54, 1.807) is 84.9 Å². The van der Waals surface area contributed by atoms with E-state index in [0.29, 0.717) is 50.5 Å². The number of carboxylic acid groups (broad SMARTS) is 1. The van der Waals surface area contributed by atoms with Crippen LogP contribution in [0.1, 0.15) is 54.7 Å². The lowest BCUT2D eigenvalue weighted by Crippen LogP contribution is -2.44. The molecule has 0 atom stereocenters. The second-order valence-corrected chi connectivity index (χ2v) is 22.9. The van der Waals surface area contributed by atoms with Crippen molar-refractivity contribution in [3.8, 4) is 56.3 Å². The third kappa shape index (κ3) is 18.7. The summed E-state index contributed by atoms with van der Waals surface area (Å²) in [6.07, 6.45) is -0.564. The second-order valence-electron chi connectivity index (χ2n) is 22.9. The van der Waals surface area contributed by atoms with Crippen molar-refractivity contribution in [2.45, 2.75) is 26.2 Å². The summed E-state index contributed by atoms with van der Waals surface area (Å²) in [5, 5.41) is 34.1. The molecule has 1 saturated heterocycles. The number of aromatic nitrogens is 5. The average Bonchev–Trinajstić information content (AvgIpc) is 1.62. The van der Waals surface area contributed by atoms with Gasteiger partial charge in [-0.3, -0.25) is 48.5 Å². The number of anilines is 1. The first-order valence-electron chi connectivity index (χ1n) is 31.0. The van der Waals surface area contributed by atoms with Gasteiger partial charge in [0.2, 0.25) is 0 Å². The number of halogens is 3. The Labute approximate surface area is 571 Å². The Balaban J connectivity index is 0.000000149. The van der Waals surface area contributed by atoms with Crippen LogP contribution in [0.3, 0.4) is 0 Å². The SMILES string of the molecule is CC(=O)c1c2cccccc-2[nH]c1=O.CN1CCN(c2ccc3[nH]c(-c4c5cccccc-5[nH]c4=O)cc3c2)CC1.O=C(Cc1cc(F)ccc1[N+](=O)[O-])c1c2cccccc-2[nH]c1=O.O=C(Cc1cccc(F)c1)c1c2cccccc-2[nH]c1=O.O=C(O)Cc1cccc(F)c1.O=[N+]([O-])O. The van der Waals surface area contributed by atoms with E-state index in [1.807, 2.05) is 54.6 Å². The maximum Gasteiger partial charge on any atom is 0.307 e. The van der Waals surface area contributed by atoms with Gasteiger partial charge in [0.15, 0.2) is 17.3 Å². The summed E-state index contributed by atoms with van der Waals surface area (Å²) in [4.78, 5) is 132. The van der Waals surface area contributed by atoms with Crippen molar-refractivity contribution in [2.75, 3.05) is 38.1 Å². The highest BCUT2D eigenvalue weighted by Crippen LogP contribution is 2.33. The van der Waals surface area contributed by atoms with Crippen molar-refractivity contribution >= 4 is 45.6 Å². The van der Waals surface area contributed by atoms with Crippen LogP contribution in [0.5, 0.6) is 0 Å². The van der Waals surface area contributed by atoms with Crippen molar-refractivity contribution in [2.24, 2.45) is 0 Å². The van der Waals surface area contributed by atoms with E-state index in [0.717, 1.165) is 72.2 Å². The summed E-state index contributed by atoms with van der Waals surface area (Å²) in [5.41, 5.74) is 8.74. The molecule has 14 rings (SSSR count). The van der Waals surface area contributed by atoms with E-state index >= 15 is 0 Å². The fraction of sp³-hybridized carbons (Fsp3) is 0.120. The zero-order valence-corrected chi connectivity index (χ0v) is 53.9. The van der Waals surface area contributed by atoms with E-state index in [9.17, 15) is 61.6 Å². The molecule has 9 aliphatic rings. The number of nitrogens with one attached hydrogen (secondary N) is 5. The number of carbonyl (C=O) groups is 4. The Hall–Kier alpha value is -13.2. The average molecular weight is 1370 g/mol. The number of hydrogen-bond donors (Lipinski definition) is 7. The fourth-order valence-corrected chi connectivity index (χ4v) is 11.3. The molecule has 26 heteroatoms. The van der Waals surface area contributed by atoms with Gasteiger partial charge in [-0.1, -0.05) is 121 Å². The number of aliphatic carboxylic acids is 1. The zero-order valence-electron chi connectivity index (χ0n) is 53.9. The third-order valence-electron chi connectivity index (χ3n) is 15.9. The Morgan fingerprint density at radius 3 is 1.39 bits per heavy atom. The number of aromatic amines is 5. The number of H-pyrrole nitrogens is 5. The highest BCUT2D eigenvalue weighted by Gasteiger charge is 2.26. The Bertz CT molecular complexity index is 5290. The first kappa shape index (κ1) is 72.0. The summed E-state index contributed by atoms with van der Waals surface area (Å²) >= 11 is 0. The van der Waals surface area contributed by atoms with E-state index in [1.165, 1.54) is 42.9 Å². The molecule has 0 radical (unpaired) electrons. The van der Waals surface area contributed by atoms with Crippen LogP contribution in [-0.4, -0.2) is 107 Å². The largest absolute Gasteiger partial charge is 0.481 e. The van der Waals surface area contributed by atoms with Gasteiger partial charge in [-0.15, -0.1) is 10.1 Å². The van der Waals surface area contributed by atoms with E-state index in [2.05, 4.69) is 66.0 Å². The molecule has 4 aliphatic carbocycles. The smallest absolute Gasteiger partial charge is 0.307 e. The van der Waals surface area contributed by atoms with Crippen molar-refractivity contribution < 1.29 is 52.7 Å². The van der Waals surface area contributed by atoms with Crippen LogP contribution < -0.4 is 27.1 Å². The summed E-state index contributed by atoms with van der Waals surface area (Å²) in [6.45, 7) is 5.66. The van der Waals surface area contributed by atoms with Gasteiger partial charge in [-0.25, -0.2) is 13.2 Å². The molecule has 6 heterocycles. The molecule has 1 aromatic heterocycles. The number of nitro benzene ring substituents is 1. The molecule has 0 saturated carbocycles. The number of carboxylic acids is 1. The minimum Gasteiger partial charge on any atom is -0.481 e. The molecule has 4 aromatic carbocycles. The van der Waals surface area contributed by atoms with Gasteiger partial charge >= 0.3 is 5.97 Å². The van der Waals surface area contributed by atoms with Crippen LogP contribution in [0.25, 0.3) is 67.2 Å². The lowest BCUT2D eigenvalue weighted by molar-refractivity contribution is -0.742. The number of nitro groups is 1. The summed E-state index contributed by atoms with van der Waals surface area (Å²) < 4.78 is 39.0. The Morgan fingerprint density at radius 1 is 0.465 bits per heavy atom. The van der Waals surface area contributed by atoms with Crippen LogP contribution >= 0.6 is 0 Å². The third-order valence-corrected chi connectivity index (χ3v) is 15.9. The molecule has 0 bridgehead atoms. The summed E-state index contributed by atoms with van der Waals surface area (Å²) in [5.74, 6) is -3.55. The van der Waals surface area contributed by atoms with Gasteiger partial charge in [-0.2, -0.15) is 0 Å². The number of Topliss-reactive ketones (excluding diaryl/α,β-unsaturated/α-hetero) is 3. The highest BCUT2D eigenvalue weighted by molar-refractivity contribution is 6.05. The van der Waals surface area contributed by atoms with E-state index < -0.39 is 56.8 Å². The fourth-order valence-electron chi connectivity index (χ4n) is 11.3. The number of likely N-dealkylation sites (N-methyl/N-ethyl adjacent to an activating group) is 1. The van der Waals surface area contributed by atoms with Crippen LogP contribution in [0.2, 0.25) is 0 Å². The van der Waals surface area contributed by atoms with Crippen molar-refractivity contribution in [3.63, 3.8) is 0 Å². The van der Waals surface area contributed by atoms with Crippen LogP contribution in [-0.2, 0) is 24.1 Å². The molecule has 512 valence electrons. The molecular weight excluding hydrogens is 1310 g/mol. The quantitative estimate of drug-likeness (QED) is 0.0339. The van der Waals surface area contributed by atoms with Crippen LogP contribution in [0.4, 0.5) is 24.5 Å². The van der Waals surface area contributed by atoms with Gasteiger partial charge < -0.3 is 45.0 Å². The van der Waals surface area contributed by atoms with Gasteiger partial charge in [0, 0.05) is 112 Å². The summed E-state index contributed by atoms with van der Waals surface area (Å²) in [6, 6.07) is 59.0. The molecular formula is C75H62F3N9O14.